The van der Waals surface area contributed by atoms with Gasteiger partial charge in [-0.25, -0.2) is 0 Å². The molecule has 2 heterocycles. The van der Waals surface area contributed by atoms with Crippen LogP contribution in [0.3, 0.4) is 0 Å². The van der Waals surface area contributed by atoms with Gasteiger partial charge in [0.25, 0.3) is 5.24 Å². The van der Waals surface area contributed by atoms with Gasteiger partial charge in [-0.05, 0) is 30.3 Å². The summed E-state index contributed by atoms with van der Waals surface area (Å²) < 4.78 is 0. The highest BCUT2D eigenvalue weighted by Gasteiger charge is 2.38. The van der Waals surface area contributed by atoms with Crippen molar-refractivity contribution < 1.29 is 4.79 Å². The highest BCUT2D eigenvalue weighted by Crippen LogP contribution is 2.49. The average Bonchev–Trinajstić information content (AvgIpc) is 2.70. The monoisotopic (exact) mass is 395 g/mol. The summed E-state index contributed by atoms with van der Waals surface area (Å²) in [7, 11) is 2.17. The first-order valence-corrected chi connectivity index (χ1v) is 11.0. The fourth-order valence-electron chi connectivity index (χ4n) is 4.26. The number of likely N-dealkylation sites (N-methyl/N-ethyl adjacent to an activating group) is 1. The number of benzene rings is 2. The molecule has 28 heavy (non-hydrogen) atoms. The standard InChI is InChI=1S/C23H29N3OS/c1-23(2)18-8-4-6-10-20(18)26(21-11-7-5-9-19(21)23)22(27)28-17-16-25-14-12-24(3)13-15-25/h4-11H,12-17H2,1-3H3. The van der Waals surface area contributed by atoms with Gasteiger partial charge < -0.3 is 4.90 Å². The van der Waals surface area contributed by atoms with Crippen LogP contribution < -0.4 is 4.90 Å². The molecular weight excluding hydrogens is 366 g/mol. The Morgan fingerprint density at radius 3 is 2.04 bits per heavy atom. The average molecular weight is 396 g/mol. The number of rotatable bonds is 3. The summed E-state index contributed by atoms with van der Waals surface area (Å²) in [5, 5.41) is 0.115. The minimum absolute atomic E-state index is 0.115. The van der Waals surface area contributed by atoms with Crippen LogP contribution in [0.5, 0.6) is 0 Å². The van der Waals surface area contributed by atoms with Crippen LogP contribution in [0, 0.1) is 0 Å². The second-order valence-corrected chi connectivity index (χ2v) is 9.30. The molecule has 1 saturated heterocycles. The molecule has 0 aliphatic carbocycles. The third kappa shape index (κ3) is 3.59. The molecule has 0 radical (unpaired) electrons. The van der Waals surface area contributed by atoms with E-state index in [1.807, 2.05) is 17.0 Å². The van der Waals surface area contributed by atoms with Crippen molar-refractivity contribution in [1.29, 1.82) is 0 Å². The van der Waals surface area contributed by atoms with E-state index >= 15 is 0 Å². The lowest BCUT2D eigenvalue weighted by Crippen LogP contribution is -2.45. The minimum Gasteiger partial charge on any atom is -0.304 e. The van der Waals surface area contributed by atoms with Crippen LogP contribution >= 0.6 is 11.8 Å². The molecule has 0 bridgehead atoms. The zero-order valence-electron chi connectivity index (χ0n) is 17.0. The lowest BCUT2D eigenvalue weighted by atomic mass is 9.74. The van der Waals surface area contributed by atoms with Crippen LogP contribution in [0.1, 0.15) is 25.0 Å². The van der Waals surface area contributed by atoms with Crippen molar-refractivity contribution in [3.8, 4) is 0 Å². The van der Waals surface area contributed by atoms with E-state index in [-0.39, 0.29) is 10.7 Å². The van der Waals surface area contributed by atoms with Crippen LogP contribution in [0.2, 0.25) is 0 Å². The van der Waals surface area contributed by atoms with E-state index in [1.54, 1.807) is 0 Å². The summed E-state index contributed by atoms with van der Waals surface area (Å²) in [5.41, 5.74) is 4.34. The van der Waals surface area contributed by atoms with Crippen molar-refractivity contribution in [3.05, 3.63) is 59.7 Å². The topological polar surface area (TPSA) is 26.8 Å². The number of amides is 1. The third-order valence-electron chi connectivity index (χ3n) is 6.05. The molecule has 2 aliphatic heterocycles. The first kappa shape index (κ1) is 19.5. The van der Waals surface area contributed by atoms with Gasteiger partial charge in [0.05, 0.1) is 11.4 Å². The summed E-state index contributed by atoms with van der Waals surface area (Å²) in [6.07, 6.45) is 0. The van der Waals surface area contributed by atoms with Crippen LogP contribution in [-0.4, -0.2) is 60.6 Å². The fraction of sp³-hybridized carbons (Fsp3) is 0.435. The summed E-state index contributed by atoms with van der Waals surface area (Å²) in [4.78, 5) is 20.0. The first-order valence-electron chi connectivity index (χ1n) is 10.1. The van der Waals surface area contributed by atoms with E-state index in [1.165, 1.54) is 22.9 Å². The molecule has 0 N–H and O–H groups in total. The SMILES string of the molecule is CN1CCN(CCSC(=O)N2c3ccccc3C(C)(C)c3ccccc32)CC1. The molecule has 5 heteroatoms. The number of para-hydroxylation sites is 2. The van der Waals surface area contributed by atoms with E-state index < -0.39 is 0 Å². The van der Waals surface area contributed by atoms with E-state index in [0.717, 1.165) is 49.9 Å². The van der Waals surface area contributed by atoms with Gasteiger partial charge in [-0.3, -0.25) is 14.6 Å². The number of thioether (sulfide) groups is 1. The van der Waals surface area contributed by atoms with Crippen molar-refractivity contribution in [1.82, 2.24) is 9.80 Å². The molecule has 148 valence electrons. The van der Waals surface area contributed by atoms with Gasteiger partial charge in [0.15, 0.2) is 0 Å². The number of piperazine rings is 1. The number of hydrogen-bond donors (Lipinski definition) is 0. The van der Waals surface area contributed by atoms with Crippen molar-refractivity contribution >= 4 is 28.4 Å². The number of anilines is 2. The molecule has 0 spiro atoms. The molecule has 1 amide bonds. The fourth-order valence-corrected chi connectivity index (χ4v) is 5.11. The molecule has 2 aliphatic rings. The Morgan fingerprint density at radius 2 is 1.46 bits per heavy atom. The van der Waals surface area contributed by atoms with Crippen molar-refractivity contribution in [2.24, 2.45) is 0 Å². The zero-order valence-corrected chi connectivity index (χ0v) is 17.8. The summed E-state index contributed by atoms with van der Waals surface area (Å²) in [6, 6.07) is 16.6. The largest absolute Gasteiger partial charge is 0.304 e. The Hall–Kier alpha value is -1.82. The van der Waals surface area contributed by atoms with Gasteiger partial charge in [0, 0.05) is 43.9 Å². The van der Waals surface area contributed by atoms with E-state index in [0.29, 0.717) is 0 Å². The van der Waals surface area contributed by atoms with Gasteiger partial charge in [-0.1, -0.05) is 62.0 Å². The summed E-state index contributed by atoms with van der Waals surface area (Å²) in [5.74, 6) is 0.826. The summed E-state index contributed by atoms with van der Waals surface area (Å²) >= 11 is 1.44. The smallest absolute Gasteiger partial charge is 0.290 e. The van der Waals surface area contributed by atoms with Gasteiger partial charge in [0.1, 0.15) is 0 Å². The molecule has 0 unspecified atom stereocenters. The van der Waals surface area contributed by atoms with E-state index in [4.69, 9.17) is 0 Å². The lowest BCUT2D eigenvalue weighted by Gasteiger charge is -2.40. The predicted molar refractivity (Wildman–Crippen MR) is 119 cm³/mol. The minimum atomic E-state index is -0.117. The maximum absolute atomic E-state index is 13.3. The second-order valence-electron chi connectivity index (χ2n) is 8.25. The maximum atomic E-state index is 13.3. The molecule has 0 saturated carbocycles. The predicted octanol–water partition coefficient (Wildman–Crippen LogP) is 4.56. The Balaban J connectivity index is 1.53. The third-order valence-corrected chi connectivity index (χ3v) is 6.86. The number of carbonyl (C=O) groups excluding carboxylic acids is 1. The molecule has 4 nitrogen and oxygen atoms in total. The van der Waals surface area contributed by atoms with Crippen LogP contribution in [0.15, 0.2) is 48.5 Å². The molecular formula is C23H29N3OS. The quantitative estimate of drug-likeness (QED) is 0.761. The van der Waals surface area contributed by atoms with E-state index in [9.17, 15) is 4.79 Å². The second kappa shape index (κ2) is 7.90. The Kier molecular flexibility index (Phi) is 5.50. The molecule has 1 fully saturated rings. The van der Waals surface area contributed by atoms with E-state index in [2.05, 4.69) is 67.1 Å². The van der Waals surface area contributed by atoms with Crippen LogP contribution in [0.25, 0.3) is 0 Å². The Morgan fingerprint density at radius 1 is 0.929 bits per heavy atom. The van der Waals surface area contributed by atoms with Gasteiger partial charge in [0.2, 0.25) is 0 Å². The van der Waals surface area contributed by atoms with Crippen molar-refractivity contribution in [2.75, 3.05) is 50.4 Å². The molecule has 2 aromatic carbocycles. The first-order chi connectivity index (χ1) is 13.5. The molecule has 2 aromatic rings. The van der Waals surface area contributed by atoms with Crippen molar-refractivity contribution in [2.45, 2.75) is 19.3 Å². The van der Waals surface area contributed by atoms with Crippen LogP contribution in [-0.2, 0) is 5.41 Å². The summed E-state index contributed by atoms with van der Waals surface area (Å²) in [6.45, 7) is 9.86. The molecule has 0 aromatic heterocycles. The normalized spacial score (nSPS) is 19.2. The number of nitrogens with zero attached hydrogens (tertiary/aromatic N) is 3. The highest BCUT2D eigenvalue weighted by molar-refractivity contribution is 8.13. The van der Waals surface area contributed by atoms with Gasteiger partial charge >= 0.3 is 0 Å². The Bertz CT molecular complexity index is 809. The van der Waals surface area contributed by atoms with Gasteiger partial charge in [-0.15, -0.1) is 0 Å². The highest BCUT2D eigenvalue weighted by atomic mass is 32.2. The molecule has 0 atom stereocenters. The number of fused-ring (bicyclic) bond motifs is 2. The van der Waals surface area contributed by atoms with Crippen molar-refractivity contribution in [3.63, 3.8) is 0 Å². The number of hydrogen-bond acceptors (Lipinski definition) is 4. The van der Waals surface area contributed by atoms with Gasteiger partial charge in [-0.2, -0.15) is 0 Å². The van der Waals surface area contributed by atoms with Crippen LogP contribution in [0.4, 0.5) is 16.2 Å². The zero-order chi connectivity index (χ0) is 19.7. The lowest BCUT2D eigenvalue weighted by molar-refractivity contribution is 0.161. The molecule has 4 rings (SSSR count). The number of carbonyl (C=O) groups is 1. The Labute approximate surface area is 172 Å². The maximum Gasteiger partial charge on any atom is 0.290 e.